The Morgan fingerprint density at radius 3 is 2.17 bits per heavy atom. The quantitative estimate of drug-likeness (QED) is 0.303. The van der Waals surface area contributed by atoms with E-state index in [1.165, 1.54) is 78.7 Å². The van der Waals surface area contributed by atoms with Gasteiger partial charge in [-0.05, 0) is 102 Å². The lowest BCUT2D eigenvalue weighted by molar-refractivity contribution is 0.577. The minimum atomic E-state index is 0.547. The van der Waals surface area contributed by atoms with Crippen molar-refractivity contribution in [3.8, 4) is 22.3 Å². The first-order valence-electron chi connectivity index (χ1n) is 14.2. The van der Waals surface area contributed by atoms with Gasteiger partial charge < -0.3 is 4.90 Å². The molecule has 0 bridgehead atoms. The molecule has 35 heavy (non-hydrogen) atoms. The van der Waals surface area contributed by atoms with Gasteiger partial charge in [0, 0.05) is 18.8 Å². The molecule has 1 atom stereocenters. The van der Waals surface area contributed by atoms with E-state index < -0.39 is 0 Å². The summed E-state index contributed by atoms with van der Waals surface area (Å²) in [5.41, 5.74) is 13.4. The lowest BCUT2D eigenvalue weighted by Gasteiger charge is -2.32. The highest BCUT2D eigenvalue weighted by molar-refractivity contribution is 5.86. The van der Waals surface area contributed by atoms with E-state index in [2.05, 4.69) is 94.1 Å². The third-order valence-electron chi connectivity index (χ3n) is 8.04. The van der Waals surface area contributed by atoms with Crippen LogP contribution < -0.4 is 4.90 Å². The van der Waals surface area contributed by atoms with Crippen LogP contribution in [-0.4, -0.2) is 13.1 Å². The first kappa shape index (κ1) is 25.5. The number of hydrogen-bond donors (Lipinski definition) is 0. The Balaban J connectivity index is 2.03. The molecule has 0 saturated carbocycles. The smallest absolute Gasteiger partial charge is 0.0402 e. The highest BCUT2D eigenvalue weighted by atomic mass is 15.1. The van der Waals surface area contributed by atoms with Gasteiger partial charge in [-0.25, -0.2) is 0 Å². The van der Waals surface area contributed by atoms with E-state index in [0.717, 1.165) is 19.3 Å². The lowest BCUT2D eigenvalue weighted by atomic mass is 9.78. The molecular formula is C34H45N. The van der Waals surface area contributed by atoms with Crippen LogP contribution in [0.5, 0.6) is 0 Å². The van der Waals surface area contributed by atoms with Gasteiger partial charge in [0.1, 0.15) is 0 Å². The molecule has 186 valence electrons. The van der Waals surface area contributed by atoms with Gasteiger partial charge in [0.2, 0.25) is 0 Å². The van der Waals surface area contributed by atoms with Crippen molar-refractivity contribution in [1.29, 1.82) is 0 Å². The highest BCUT2D eigenvalue weighted by Gasteiger charge is 2.24. The molecule has 1 fully saturated rings. The molecule has 1 aliphatic rings. The summed E-state index contributed by atoms with van der Waals surface area (Å²) in [7, 11) is 0. The Kier molecular flexibility index (Phi) is 8.71. The van der Waals surface area contributed by atoms with Crippen LogP contribution >= 0.6 is 0 Å². The maximum Gasteiger partial charge on any atom is 0.0402 e. The van der Waals surface area contributed by atoms with E-state index in [-0.39, 0.29) is 0 Å². The van der Waals surface area contributed by atoms with E-state index in [4.69, 9.17) is 0 Å². The molecule has 1 heteroatoms. The van der Waals surface area contributed by atoms with Crippen molar-refractivity contribution in [2.24, 2.45) is 0 Å². The number of rotatable bonds is 9. The summed E-state index contributed by atoms with van der Waals surface area (Å²) < 4.78 is 0. The largest absolute Gasteiger partial charge is 0.371 e. The van der Waals surface area contributed by atoms with Crippen molar-refractivity contribution in [2.45, 2.75) is 91.9 Å². The van der Waals surface area contributed by atoms with E-state index in [9.17, 15) is 0 Å². The van der Waals surface area contributed by atoms with Gasteiger partial charge in [-0.3, -0.25) is 0 Å². The zero-order valence-electron chi connectivity index (χ0n) is 22.8. The summed E-state index contributed by atoms with van der Waals surface area (Å²) in [6.07, 6.45) is 9.75. The Hall–Kier alpha value is -2.54. The van der Waals surface area contributed by atoms with Gasteiger partial charge >= 0.3 is 0 Å². The summed E-state index contributed by atoms with van der Waals surface area (Å²) in [6.45, 7) is 14.2. The minimum absolute atomic E-state index is 0.547. The molecule has 3 aromatic rings. The molecule has 1 unspecified atom stereocenters. The van der Waals surface area contributed by atoms with Gasteiger partial charge in [0.05, 0.1) is 0 Å². The predicted molar refractivity (Wildman–Crippen MR) is 155 cm³/mol. The number of hydrogen-bond acceptors (Lipinski definition) is 1. The average molecular weight is 468 g/mol. The van der Waals surface area contributed by atoms with Crippen LogP contribution in [0.25, 0.3) is 22.3 Å². The minimum Gasteiger partial charge on any atom is -0.371 e. The van der Waals surface area contributed by atoms with Crippen molar-refractivity contribution >= 4 is 5.69 Å². The Morgan fingerprint density at radius 2 is 1.51 bits per heavy atom. The normalized spacial score (nSPS) is 14.8. The summed E-state index contributed by atoms with van der Waals surface area (Å²) >= 11 is 0. The number of piperidine rings is 1. The molecule has 1 saturated heterocycles. The van der Waals surface area contributed by atoms with Crippen LogP contribution in [-0.2, 0) is 12.8 Å². The molecule has 3 aromatic carbocycles. The SMILES string of the molecule is CCCc1cc(C(C)CC)c(-c2ccccc2)c(CCC)c1-c1cccc(N2CCCCC2)c1C. The van der Waals surface area contributed by atoms with Gasteiger partial charge in [-0.15, -0.1) is 0 Å². The predicted octanol–water partition coefficient (Wildman–Crippen LogP) is 9.74. The number of nitrogens with zero attached hydrogens (tertiary/aromatic N) is 1. The molecule has 0 aromatic heterocycles. The Morgan fingerprint density at radius 1 is 0.800 bits per heavy atom. The molecule has 0 amide bonds. The van der Waals surface area contributed by atoms with Crippen LogP contribution in [0.2, 0.25) is 0 Å². The zero-order valence-corrected chi connectivity index (χ0v) is 22.8. The van der Waals surface area contributed by atoms with Gasteiger partial charge in [0.25, 0.3) is 0 Å². The molecular weight excluding hydrogens is 422 g/mol. The molecule has 1 aliphatic heterocycles. The second-order valence-electron chi connectivity index (χ2n) is 10.5. The average Bonchev–Trinajstić information content (AvgIpc) is 2.90. The number of anilines is 1. The molecule has 4 rings (SSSR count). The van der Waals surface area contributed by atoms with Crippen molar-refractivity contribution in [3.05, 3.63) is 76.9 Å². The van der Waals surface area contributed by atoms with Crippen LogP contribution in [0, 0.1) is 6.92 Å². The van der Waals surface area contributed by atoms with E-state index in [1.54, 1.807) is 16.7 Å². The van der Waals surface area contributed by atoms with Gasteiger partial charge in [-0.2, -0.15) is 0 Å². The topological polar surface area (TPSA) is 3.24 Å². The van der Waals surface area contributed by atoms with Crippen LogP contribution in [0.1, 0.15) is 94.4 Å². The third-order valence-corrected chi connectivity index (χ3v) is 8.04. The summed E-state index contributed by atoms with van der Waals surface area (Å²) in [5.74, 6) is 0.547. The Labute approximate surface area is 214 Å². The fourth-order valence-electron chi connectivity index (χ4n) is 6.05. The molecule has 1 heterocycles. The van der Waals surface area contributed by atoms with Crippen molar-refractivity contribution in [3.63, 3.8) is 0 Å². The zero-order chi connectivity index (χ0) is 24.8. The monoisotopic (exact) mass is 467 g/mol. The van der Waals surface area contributed by atoms with Crippen molar-refractivity contribution in [1.82, 2.24) is 0 Å². The molecule has 0 spiro atoms. The standard InChI is InChI=1S/C34H45N/c1-6-16-28-24-31(25(4)8-3)33(27-18-11-9-12-19-27)30(17-7-2)34(28)29-20-15-21-32(26(29)5)35-22-13-10-14-23-35/h9,11-12,15,18-21,24-25H,6-8,10,13-14,16-17,22-23H2,1-5H3. The van der Waals surface area contributed by atoms with E-state index in [0.29, 0.717) is 5.92 Å². The van der Waals surface area contributed by atoms with E-state index in [1.807, 2.05) is 0 Å². The molecule has 0 aliphatic carbocycles. The maximum atomic E-state index is 2.63. The molecule has 1 nitrogen and oxygen atoms in total. The first-order chi connectivity index (χ1) is 17.1. The van der Waals surface area contributed by atoms with Crippen LogP contribution in [0.3, 0.4) is 0 Å². The van der Waals surface area contributed by atoms with Crippen LogP contribution in [0.15, 0.2) is 54.6 Å². The third kappa shape index (κ3) is 5.35. The Bertz CT molecular complexity index is 1110. The van der Waals surface area contributed by atoms with Gasteiger partial charge in [0.15, 0.2) is 0 Å². The summed E-state index contributed by atoms with van der Waals surface area (Å²) in [4.78, 5) is 2.63. The second kappa shape index (κ2) is 11.9. The molecule has 0 N–H and O–H groups in total. The summed E-state index contributed by atoms with van der Waals surface area (Å²) in [6, 6.07) is 20.8. The van der Waals surface area contributed by atoms with Gasteiger partial charge in [-0.1, -0.05) is 89.1 Å². The number of aryl methyl sites for hydroxylation is 1. The van der Waals surface area contributed by atoms with Crippen LogP contribution in [0.4, 0.5) is 5.69 Å². The molecule has 0 radical (unpaired) electrons. The van der Waals surface area contributed by atoms with Crippen molar-refractivity contribution in [2.75, 3.05) is 18.0 Å². The first-order valence-corrected chi connectivity index (χ1v) is 14.2. The van der Waals surface area contributed by atoms with Crippen molar-refractivity contribution < 1.29 is 0 Å². The second-order valence-corrected chi connectivity index (χ2v) is 10.5. The number of benzene rings is 3. The fourth-order valence-corrected chi connectivity index (χ4v) is 6.05. The highest BCUT2D eigenvalue weighted by Crippen LogP contribution is 2.44. The maximum absolute atomic E-state index is 2.63. The lowest BCUT2D eigenvalue weighted by Crippen LogP contribution is -2.30. The fraction of sp³-hybridized carbons (Fsp3) is 0.471. The van der Waals surface area contributed by atoms with E-state index >= 15 is 0 Å². The summed E-state index contributed by atoms with van der Waals surface area (Å²) in [5, 5.41) is 0.